The largest absolute Gasteiger partial charge is 0.353 e. The van der Waals surface area contributed by atoms with Crippen molar-refractivity contribution in [3.63, 3.8) is 0 Å². The number of piperazine rings is 1. The van der Waals surface area contributed by atoms with E-state index in [-0.39, 0.29) is 0 Å². The molecule has 0 saturated carbocycles. The second-order valence-corrected chi connectivity index (χ2v) is 4.48. The van der Waals surface area contributed by atoms with E-state index in [9.17, 15) is 0 Å². The Bertz CT molecular complexity index is 522. The molecule has 1 saturated heterocycles. The first-order valence-electron chi connectivity index (χ1n) is 6.31. The van der Waals surface area contributed by atoms with E-state index in [4.69, 9.17) is 7.85 Å². The lowest BCUT2D eigenvalue weighted by molar-refractivity contribution is 0.635. The fourth-order valence-electron chi connectivity index (χ4n) is 2.17. The molecule has 1 aliphatic rings. The van der Waals surface area contributed by atoms with Crippen LogP contribution in [0, 0.1) is 0 Å². The average molecular weight is 251 g/mol. The monoisotopic (exact) mass is 251 g/mol. The summed E-state index contributed by atoms with van der Waals surface area (Å²) in [6.07, 6.45) is 5.12. The van der Waals surface area contributed by atoms with Crippen LogP contribution in [0.15, 0.2) is 36.8 Å². The van der Waals surface area contributed by atoms with Gasteiger partial charge in [-0.3, -0.25) is 0 Å². The summed E-state index contributed by atoms with van der Waals surface area (Å²) in [5, 5.41) is 0. The molecular formula is C13H14BN5. The lowest BCUT2D eigenvalue weighted by Crippen LogP contribution is -2.47. The van der Waals surface area contributed by atoms with Crippen molar-refractivity contribution in [1.29, 1.82) is 0 Å². The van der Waals surface area contributed by atoms with E-state index in [0.717, 1.165) is 37.9 Å². The first-order valence-corrected chi connectivity index (χ1v) is 6.31. The highest BCUT2D eigenvalue weighted by Crippen LogP contribution is 2.14. The number of hydrogen-bond acceptors (Lipinski definition) is 5. The van der Waals surface area contributed by atoms with Crippen LogP contribution in [0.1, 0.15) is 0 Å². The normalized spacial score (nSPS) is 15.6. The van der Waals surface area contributed by atoms with Crippen molar-refractivity contribution in [2.24, 2.45) is 0 Å². The number of anilines is 2. The van der Waals surface area contributed by atoms with Crippen LogP contribution in [-0.2, 0) is 0 Å². The van der Waals surface area contributed by atoms with E-state index in [1.807, 2.05) is 24.4 Å². The van der Waals surface area contributed by atoms with Crippen molar-refractivity contribution in [3.05, 3.63) is 36.8 Å². The first kappa shape index (κ1) is 12.0. The van der Waals surface area contributed by atoms with Gasteiger partial charge in [-0.05, 0) is 12.1 Å². The lowest BCUT2D eigenvalue weighted by Gasteiger charge is -2.35. The predicted molar refractivity (Wildman–Crippen MR) is 76.1 cm³/mol. The van der Waals surface area contributed by atoms with Crippen molar-refractivity contribution < 1.29 is 0 Å². The zero-order valence-electron chi connectivity index (χ0n) is 10.6. The standard InChI is InChI=1S/C13H14BN5/c14-11-9-16-13(17-10-11)19-7-5-18(6-8-19)12-3-1-2-4-15-12/h1-4,9-10H,5-8H2. The van der Waals surface area contributed by atoms with E-state index in [2.05, 4.69) is 24.8 Å². The minimum atomic E-state index is 0.593. The molecule has 0 aliphatic carbocycles. The Labute approximate surface area is 113 Å². The Hall–Kier alpha value is -2.11. The van der Waals surface area contributed by atoms with Gasteiger partial charge < -0.3 is 9.80 Å². The number of pyridine rings is 1. The smallest absolute Gasteiger partial charge is 0.225 e. The van der Waals surface area contributed by atoms with Crippen molar-refractivity contribution in [3.8, 4) is 0 Å². The molecule has 0 spiro atoms. The van der Waals surface area contributed by atoms with Gasteiger partial charge in [0.2, 0.25) is 5.95 Å². The van der Waals surface area contributed by atoms with E-state index in [1.54, 1.807) is 12.4 Å². The third-order valence-electron chi connectivity index (χ3n) is 3.19. The minimum absolute atomic E-state index is 0.593. The van der Waals surface area contributed by atoms with Gasteiger partial charge >= 0.3 is 0 Å². The molecule has 0 bridgehead atoms. The molecule has 3 rings (SSSR count). The minimum Gasteiger partial charge on any atom is -0.353 e. The molecule has 0 aromatic carbocycles. The van der Waals surface area contributed by atoms with Crippen LogP contribution < -0.4 is 15.3 Å². The molecule has 94 valence electrons. The molecule has 3 heterocycles. The molecule has 2 aromatic heterocycles. The molecule has 0 N–H and O–H groups in total. The van der Waals surface area contributed by atoms with Gasteiger partial charge in [-0.25, -0.2) is 15.0 Å². The highest BCUT2D eigenvalue weighted by atomic mass is 15.3. The molecule has 1 fully saturated rings. The van der Waals surface area contributed by atoms with E-state index < -0.39 is 0 Å². The lowest BCUT2D eigenvalue weighted by atomic mass is 10.0. The second-order valence-electron chi connectivity index (χ2n) is 4.48. The Morgan fingerprint density at radius 2 is 1.58 bits per heavy atom. The molecule has 2 radical (unpaired) electrons. The molecule has 2 aromatic rings. The molecule has 0 atom stereocenters. The summed E-state index contributed by atoms with van der Waals surface area (Å²) < 4.78 is 0. The van der Waals surface area contributed by atoms with Crippen LogP contribution in [0.4, 0.5) is 11.8 Å². The third kappa shape index (κ3) is 2.67. The highest BCUT2D eigenvalue weighted by Gasteiger charge is 2.19. The summed E-state index contributed by atoms with van der Waals surface area (Å²) in [5.41, 5.74) is 0.593. The summed E-state index contributed by atoms with van der Waals surface area (Å²) in [7, 11) is 5.59. The SMILES string of the molecule is [B]c1cnc(N2CCN(c3ccccn3)CC2)nc1. The van der Waals surface area contributed by atoms with Gasteiger partial charge in [0.05, 0.1) is 0 Å². The summed E-state index contributed by atoms with van der Waals surface area (Å²) in [6.45, 7) is 3.62. The fourth-order valence-corrected chi connectivity index (χ4v) is 2.17. The molecule has 6 heteroatoms. The Morgan fingerprint density at radius 1 is 0.895 bits per heavy atom. The quantitative estimate of drug-likeness (QED) is 0.702. The maximum atomic E-state index is 5.59. The van der Waals surface area contributed by atoms with Crippen LogP contribution in [-0.4, -0.2) is 49.0 Å². The van der Waals surface area contributed by atoms with Crippen LogP contribution in [0.25, 0.3) is 0 Å². The van der Waals surface area contributed by atoms with Crippen molar-refractivity contribution >= 4 is 25.1 Å². The molecular weight excluding hydrogens is 237 g/mol. The molecule has 1 aliphatic heterocycles. The van der Waals surface area contributed by atoms with Crippen LogP contribution in [0.2, 0.25) is 0 Å². The van der Waals surface area contributed by atoms with Gasteiger partial charge in [-0.15, -0.1) is 0 Å². The highest BCUT2D eigenvalue weighted by molar-refractivity contribution is 6.31. The van der Waals surface area contributed by atoms with Crippen molar-refractivity contribution in [1.82, 2.24) is 15.0 Å². The van der Waals surface area contributed by atoms with Gasteiger partial charge in [0.1, 0.15) is 13.7 Å². The van der Waals surface area contributed by atoms with Gasteiger partial charge in [0.15, 0.2) is 0 Å². The predicted octanol–water partition coefficient (Wildman–Crippen LogP) is -0.00800. The summed E-state index contributed by atoms with van der Waals surface area (Å²) >= 11 is 0. The first-order chi connectivity index (χ1) is 9.33. The second kappa shape index (κ2) is 5.26. The fraction of sp³-hybridized carbons (Fsp3) is 0.308. The number of nitrogens with zero attached hydrogens (tertiary/aromatic N) is 5. The Balaban J connectivity index is 1.65. The molecule has 19 heavy (non-hydrogen) atoms. The summed E-state index contributed by atoms with van der Waals surface area (Å²) in [6, 6.07) is 5.98. The van der Waals surface area contributed by atoms with Crippen molar-refractivity contribution in [2.45, 2.75) is 0 Å². The van der Waals surface area contributed by atoms with Crippen molar-refractivity contribution in [2.75, 3.05) is 36.0 Å². The van der Waals surface area contributed by atoms with Gasteiger partial charge in [0, 0.05) is 44.8 Å². The van der Waals surface area contributed by atoms with E-state index >= 15 is 0 Å². The van der Waals surface area contributed by atoms with Gasteiger partial charge in [0.25, 0.3) is 0 Å². The summed E-state index contributed by atoms with van der Waals surface area (Å²) in [4.78, 5) is 17.3. The van der Waals surface area contributed by atoms with E-state index in [1.165, 1.54) is 0 Å². The Kier molecular flexibility index (Phi) is 3.31. The zero-order chi connectivity index (χ0) is 13.1. The van der Waals surface area contributed by atoms with E-state index in [0.29, 0.717) is 5.46 Å². The third-order valence-corrected chi connectivity index (χ3v) is 3.19. The average Bonchev–Trinajstić information content (AvgIpc) is 2.49. The maximum absolute atomic E-state index is 5.59. The topological polar surface area (TPSA) is 45.2 Å². The zero-order valence-corrected chi connectivity index (χ0v) is 10.6. The molecule has 0 unspecified atom stereocenters. The maximum Gasteiger partial charge on any atom is 0.225 e. The molecule has 0 amide bonds. The number of rotatable bonds is 2. The Morgan fingerprint density at radius 3 is 2.21 bits per heavy atom. The summed E-state index contributed by atoms with van der Waals surface area (Å²) in [5.74, 6) is 1.77. The number of hydrogen-bond donors (Lipinski definition) is 0. The molecule has 5 nitrogen and oxygen atoms in total. The van der Waals surface area contributed by atoms with Crippen LogP contribution in [0.3, 0.4) is 0 Å². The van der Waals surface area contributed by atoms with Crippen LogP contribution in [0.5, 0.6) is 0 Å². The van der Waals surface area contributed by atoms with Gasteiger partial charge in [-0.1, -0.05) is 11.5 Å². The number of aromatic nitrogens is 3. The van der Waals surface area contributed by atoms with Crippen LogP contribution >= 0.6 is 0 Å². The van der Waals surface area contributed by atoms with Gasteiger partial charge in [-0.2, -0.15) is 0 Å².